The number of benzene rings is 5. The summed E-state index contributed by atoms with van der Waals surface area (Å²) < 4.78 is 8.55. The molecule has 1 radical (unpaired) electrons. The largest absolute Gasteiger partial charge is 0.456 e. The average molecular weight is 770 g/mol. The fraction of sp³-hybridized carbons (Fsp3) is 0.0244. The molecule has 0 atom stereocenters. The van der Waals surface area contributed by atoms with Gasteiger partial charge in [-0.05, 0) is 59.9 Å². The summed E-state index contributed by atoms with van der Waals surface area (Å²) in [6.07, 6.45) is 3.69. The first kappa shape index (κ1) is 29.4. The number of pyridine rings is 2. The van der Waals surface area contributed by atoms with Crippen molar-refractivity contribution in [3.63, 3.8) is 0 Å². The number of furan rings is 1. The Bertz CT molecular complexity index is 2430. The summed E-state index contributed by atoms with van der Waals surface area (Å²) in [5.74, 6) is 0. The van der Waals surface area contributed by atoms with E-state index in [0.29, 0.717) is 0 Å². The summed E-state index contributed by atoms with van der Waals surface area (Å²) in [5.41, 5.74) is 10.3. The average Bonchev–Trinajstić information content (AvgIpc) is 3.65. The van der Waals surface area contributed by atoms with Gasteiger partial charge in [-0.25, -0.2) is 0 Å². The van der Waals surface area contributed by atoms with Crippen LogP contribution in [-0.4, -0.2) is 14.5 Å². The molecule has 5 heteroatoms. The molecule has 0 amide bonds. The molecule has 4 nitrogen and oxygen atoms in total. The van der Waals surface area contributed by atoms with E-state index in [1.165, 1.54) is 21.9 Å². The molecule has 0 spiro atoms. The van der Waals surface area contributed by atoms with Gasteiger partial charge in [-0.2, -0.15) is 0 Å². The van der Waals surface area contributed by atoms with Crippen LogP contribution < -0.4 is 0 Å². The number of para-hydroxylation sites is 2. The maximum atomic E-state index is 6.21. The second-order valence-corrected chi connectivity index (χ2v) is 11.0. The van der Waals surface area contributed by atoms with Gasteiger partial charge in [0.05, 0.1) is 16.4 Å². The zero-order chi connectivity index (χ0) is 30.2. The molecule has 0 saturated carbocycles. The minimum atomic E-state index is 0. The van der Waals surface area contributed by atoms with Crippen molar-refractivity contribution >= 4 is 43.7 Å². The van der Waals surface area contributed by atoms with Crippen LogP contribution in [-0.2, 0) is 20.1 Å². The number of hydrogen-bond acceptors (Lipinski definition) is 3. The summed E-state index contributed by atoms with van der Waals surface area (Å²) in [5, 5.41) is 4.71. The molecular weight excluding hydrogens is 743 g/mol. The molecule has 9 rings (SSSR count). The molecule has 0 unspecified atom stereocenters. The Morgan fingerprint density at radius 1 is 0.609 bits per heavy atom. The molecule has 0 saturated heterocycles. The summed E-state index contributed by atoms with van der Waals surface area (Å²) >= 11 is 0. The Hall–Kier alpha value is -5.35. The summed E-state index contributed by atoms with van der Waals surface area (Å²) in [4.78, 5) is 8.84. The van der Waals surface area contributed by atoms with Gasteiger partial charge >= 0.3 is 0 Å². The molecular formula is C41H27IrN3O-2. The van der Waals surface area contributed by atoms with Gasteiger partial charge in [0.15, 0.2) is 0 Å². The van der Waals surface area contributed by atoms with Crippen LogP contribution in [0.1, 0.15) is 5.56 Å². The van der Waals surface area contributed by atoms with Crippen LogP contribution in [0.15, 0.2) is 150 Å². The Kier molecular flexibility index (Phi) is 8.02. The Morgan fingerprint density at radius 3 is 2.20 bits per heavy atom. The molecule has 0 aliphatic rings. The molecule has 0 aliphatic carbocycles. The van der Waals surface area contributed by atoms with Crippen LogP contribution in [0.4, 0.5) is 0 Å². The third kappa shape index (κ3) is 5.30. The topological polar surface area (TPSA) is 43.9 Å². The molecule has 0 fully saturated rings. The molecule has 0 bridgehead atoms. The summed E-state index contributed by atoms with van der Waals surface area (Å²) in [6, 6.07) is 51.7. The maximum Gasteiger partial charge on any atom is 0.137 e. The van der Waals surface area contributed by atoms with Crippen molar-refractivity contribution in [2.24, 2.45) is 0 Å². The van der Waals surface area contributed by atoms with Gasteiger partial charge in [0.1, 0.15) is 11.2 Å². The molecule has 0 aliphatic heterocycles. The standard InChI is InChI=1S/C29H17N2O.C12H10N.Ir/c1-3-13-25-21(10-1)22-15-16-27-28(23-11-2-4-14-26(23)32-27)29(22)31(25)20-9-7-8-19(18-20)24-12-5-6-17-30-24;1-10-7-8-12(13-9-10)11-5-3-2-4-6-11;/h1-7,9-18H;2-5,7-9H,1H3;/q2*-1;. The molecule has 46 heavy (non-hydrogen) atoms. The van der Waals surface area contributed by atoms with Crippen molar-refractivity contribution in [2.45, 2.75) is 6.92 Å². The van der Waals surface area contributed by atoms with Gasteiger partial charge in [0, 0.05) is 48.7 Å². The van der Waals surface area contributed by atoms with Gasteiger partial charge in [-0.1, -0.05) is 60.7 Å². The number of aryl methyl sites for hydroxylation is 1. The van der Waals surface area contributed by atoms with Crippen molar-refractivity contribution < 1.29 is 24.5 Å². The minimum absolute atomic E-state index is 0. The Morgan fingerprint density at radius 2 is 1.39 bits per heavy atom. The minimum Gasteiger partial charge on any atom is -0.456 e. The van der Waals surface area contributed by atoms with Crippen molar-refractivity contribution in [1.82, 2.24) is 14.5 Å². The van der Waals surface area contributed by atoms with Gasteiger partial charge in [0.25, 0.3) is 0 Å². The fourth-order valence-electron chi connectivity index (χ4n) is 5.98. The molecule has 4 heterocycles. The fourth-order valence-corrected chi connectivity index (χ4v) is 5.98. The summed E-state index contributed by atoms with van der Waals surface area (Å²) in [6.45, 7) is 2.03. The van der Waals surface area contributed by atoms with Gasteiger partial charge in [-0.15, -0.1) is 65.7 Å². The molecule has 4 aromatic heterocycles. The number of aromatic nitrogens is 3. The predicted molar refractivity (Wildman–Crippen MR) is 183 cm³/mol. The molecule has 223 valence electrons. The second kappa shape index (κ2) is 12.6. The monoisotopic (exact) mass is 770 g/mol. The first-order chi connectivity index (χ1) is 22.2. The van der Waals surface area contributed by atoms with Gasteiger partial charge < -0.3 is 19.0 Å². The first-order valence-electron chi connectivity index (χ1n) is 14.9. The van der Waals surface area contributed by atoms with Crippen LogP contribution in [0.2, 0.25) is 0 Å². The van der Waals surface area contributed by atoms with E-state index in [1.807, 2.05) is 86.0 Å². The smallest absolute Gasteiger partial charge is 0.137 e. The van der Waals surface area contributed by atoms with E-state index >= 15 is 0 Å². The quantitative estimate of drug-likeness (QED) is 0.168. The number of nitrogens with zero attached hydrogens (tertiary/aromatic N) is 3. The van der Waals surface area contributed by atoms with E-state index in [0.717, 1.165) is 55.7 Å². The molecule has 0 N–H and O–H groups in total. The molecule has 9 aromatic rings. The third-order valence-electron chi connectivity index (χ3n) is 8.06. The van der Waals surface area contributed by atoms with Crippen LogP contribution in [0.3, 0.4) is 0 Å². The molecule has 5 aromatic carbocycles. The Balaban J connectivity index is 0.000000204. The van der Waals surface area contributed by atoms with Crippen LogP contribution in [0.25, 0.3) is 71.9 Å². The van der Waals surface area contributed by atoms with E-state index in [2.05, 4.69) is 93.4 Å². The van der Waals surface area contributed by atoms with E-state index in [-0.39, 0.29) is 20.1 Å². The number of fused-ring (bicyclic) bond motifs is 7. The van der Waals surface area contributed by atoms with Crippen molar-refractivity contribution in [3.8, 4) is 28.2 Å². The predicted octanol–water partition coefficient (Wildman–Crippen LogP) is 10.4. The zero-order valence-corrected chi connectivity index (χ0v) is 27.3. The zero-order valence-electron chi connectivity index (χ0n) is 24.9. The van der Waals surface area contributed by atoms with E-state index < -0.39 is 0 Å². The number of rotatable bonds is 3. The van der Waals surface area contributed by atoms with E-state index in [9.17, 15) is 0 Å². The SMILES string of the molecule is Cc1ccc(-c2[c-]cccc2)nc1.[Ir].[c-]1ccc(-n2c3ccccc3c3ccc4oc5ccccc5c4c32)cc1-c1ccccn1. The maximum absolute atomic E-state index is 6.21. The summed E-state index contributed by atoms with van der Waals surface area (Å²) in [7, 11) is 0. The normalized spacial score (nSPS) is 11.0. The van der Waals surface area contributed by atoms with Crippen molar-refractivity contribution in [2.75, 3.05) is 0 Å². The van der Waals surface area contributed by atoms with Crippen molar-refractivity contribution in [1.29, 1.82) is 0 Å². The first-order valence-corrected chi connectivity index (χ1v) is 14.9. The number of hydrogen-bond donors (Lipinski definition) is 0. The van der Waals surface area contributed by atoms with Crippen molar-refractivity contribution in [3.05, 3.63) is 164 Å². The van der Waals surface area contributed by atoms with Crippen LogP contribution >= 0.6 is 0 Å². The van der Waals surface area contributed by atoms with Crippen LogP contribution in [0, 0.1) is 19.1 Å². The Labute approximate surface area is 280 Å². The third-order valence-corrected chi connectivity index (χ3v) is 8.06. The second-order valence-electron chi connectivity index (χ2n) is 11.0. The van der Waals surface area contributed by atoms with Gasteiger partial charge in [0.2, 0.25) is 0 Å². The van der Waals surface area contributed by atoms with E-state index in [1.54, 1.807) is 0 Å². The van der Waals surface area contributed by atoms with Gasteiger partial charge in [-0.3, -0.25) is 0 Å². The van der Waals surface area contributed by atoms with E-state index in [4.69, 9.17) is 4.42 Å². The van der Waals surface area contributed by atoms with Crippen LogP contribution in [0.5, 0.6) is 0 Å².